The summed E-state index contributed by atoms with van der Waals surface area (Å²) in [6.07, 6.45) is -0.738. The van der Waals surface area contributed by atoms with Crippen molar-refractivity contribution in [3.8, 4) is 0 Å². The van der Waals surface area contributed by atoms with Crippen molar-refractivity contribution < 1.29 is 23.1 Å². The predicted octanol–water partition coefficient (Wildman–Crippen LogP) is 4.75. The molecule has 25 heavy (non-hydrogen) atoms. The van der Waals surface area contributed by atoms with E-state index in [9.17, 15) is 9.36 Å². The number of amides is 1. The first-order valence-electron chi connectivity index (χ1n) is 7.42. The summed E-state index contributed by atoms with van der Waals surface area (Å²) < 4.78 is 28.0. The summed E-state index contributed by atoms with van der Waals surface area (Å²) in [5.74, 6) is -1.02. The van der Waals surface area contributed by atoms with E-state index in [4.69, 9.17) is 25.4 Å². The van der Waals surface area contributed by atoms with Crippen LogP contribution in [0.25, 0.3) is 0 Å². The summed E-state index contributed by atoms with van der Waals surface area (Å²) in [6, 6.07) is 15.7. The van der Waals surface area contributed by atoms with Crippen LogP contribution in [0, 0.1) is 0 Å². The number of benzene rings is 2. The third kappa shape index (κ3) is 5.31. The second-order valence-electron chi connectivity index (χ2n) is 5.07. The predicted molar refractivity (Wildman–Crippen MR) is 95.6 cm³/mol. The maximum Gasteiger partial charge on any atom is 0.408 e. The Bertz CT molecular complexity index is 730. The van der Waals surface area contributed by atoms with Crippen molar-refractivity contribution in [3.63, 3.8) is 0 Å². The van der Waals surface area contributed by atoms with Gasteiger partial charge in [0.25, 0.3) is 0 Å². The topological polar surface area (TPSA) is 73.9 Å². The highest BCUT2D eigenvalue weighted by atomic mass is 35.5. The zero-order chi connectivity index (χ0) is 18.3. The van der Waals surface area contributed by atoms with Crippen molar-refractivity contribution in [2.45, 2.75) is 12.4 Å². The van der Waals surface area contributed by atoms with Gasteiger partial charge in [0.1, 0.15) is 6.61 Å². The van der Waals surface area contributed by atoms with Crippen molar-refractivity contribution in [2.75, 3.05) is 14.2 Å². The molecule has 0 aromatic heterocycles. The summed E-state index contributed by atoms with van der Waals surface area (Å²) in [6.45, 7) is 0.0876. The molecule has 2 aromatic rings. The van der Waals surface area contributed by atoms with Crippen LogP contribution in [-0.2, 0) is 25.0 Å². The van der Waals surface area contributed by atoms with Gasteiger partial charge in [-0.3, -0.25) is 4.57 Å². The molecule has 1 amide bonds. The molecule has 0 saturated carbocycles. The molecule has 8 heteroatoms. The van der Waals surface area contributed by atoms with Crippen molar-refractivity contribution >= 4 is 25.3 Å². The average Bonchev–Trinajstić information content (AvgIpc) is 2.65. The van der Waals surface area contributed by atoms with Crippen LogP contribution in [0.15, 0.2) is 54.6 Å². The fraction of sp³-hybridized carbons (Fsp3) is 0.235. The Morgan fingerprint density at radius 2 is 1.68 bits per heavy atom. The number of alkyl carbamates (subject to hydrolysis) is 1. The van der Waals surface area contributed by atoms with Gasteiger partial charge in [0.2, 0.25) is 0 Å². The van der Waals surface area contributed by atoms with E-state index in [0.29, 0.717) is 10.6 Å². The van der Waals surface area contributed by atoms with Gasteiger partial charge in [-0.15, -0.1) is 0 Å². The Hall–Kier alpha value is -1.85. The van der Waals surface area contributed by atoms with E-state index in [-0.39, 0.29) is 6.61 Å². The van der Waals surface area contributed by atoms with Gasteiger partial charge in [0.15, 0.2) is 5.78 Å². The van der Waals surface area contributed by atoms with Gasteiger partial charge in [0.05, 0.1) is 0 Å². The van der Waals surface area contributed by atoms with Crippen molar-refractivity contribution in [3.05, 3.63) is 70.7 Å². The van der Waals surface area contributed by atoms with E-state index in [1.54, 1.807) is 24.3 Å². The van der Waals surface area contributed by atoms with Crippen LogP contribution in [-0.4, -0.2) is 20.3 Å². The lowest BCUT2D eigenvalue weighted by molar-refractivity contribution is 0.136. The molecule has 2 rings (SSSR count). The number of ether oxygens (including phenoxy) is 1. The van der Waals surface area contributed by atoms with Gasteiger partial charge in [-0.05, 0) is 23.3 Å². The minimum absolute atomic E-state index is 0.0876. The van der Waals surface area contributed by atoms with Gasteiger partial charge in [0, 0.05) is 19.2 Å². The summed E-state index contributed by atoms with van der Waals surface area (Å²) in [7, 11) is -1.12. The van der Waals surface area contributed by atoms with E-state index in [1.807, 2.05) is 30.3 Å². The number of carbonyl (C=O) groups is 1. The lowest BCUT2D eigenvalue weighted by Gasteiger charge is -2.25. The quantitative estimate of drug-likeness (QED) is 0.698. The van der Waals surface area contributed by atoms with Crippen LogP contribution in [0.2, 0.25) is 5.02 Å². The second kappa shape index (κ2) is 9.02. The van der Waals surface area contributed by atoms with E-state index in [0.717, 1.165) is 5.56 Å². The fourth-order valence-corrected chi connectivity index (χ4v) is 3.65. The largest absolute Gasteiger partial charge is 0.445 e. The van der Waals surface area contributed by atoms with E-state index >= 15 is 0 Å². The Labute approximate surface area is 151 Å². The summed E-state index contributed by atoms with van der Waals surface area (Å²) >= 11 is 5.88. The molecule has 0 aliphatic rings. The van der Waals surface area contributed by atoms with Crippen LogP contribution in [0.5, 0.6) is 0 Å². The molecule has 1 unspecified atom stereocenters. The lowest BCUT2D eigenvalue weighted by atomic mass is 10.2. The van der Waals surface area contributed by atoms with E-state index in [1.165, 1.54) is 14.2 Å². The highest BCUT2D eigenvalue weighted by Gasteiger charge is 2.37. The first-order valence-corrected chi connectivity index (χ1v) is 9.41. The summed E-state index contributed by atoms with van der Waals surface area (Å²) in [4.78, 5) is 12.2. The fourth-order valence-electron chi connectivity index (χ4n) is 2.15. The van der Waals surface area contributed by atoms with Gasteiger partial charge < -0.3 is 19.1 Å². The third-order valence-electron chi connectivity index (χ3n) is 3.48. The number of carbonyl (C=O) groups excluding carboxylic acids is 1. The molecule has 6 nitrogen and oxygen atoms in total. The molecule has 0 spiro atoms. The van der Waals surface area contributed by atoms with Crippen molar-refractivity contribution in [1.82, 2.24) is 5.32 Å². The molecule has 0 bridgehead atoms. The number of rotatable bonds is 7. The highest BCUT2D eigenvalue weighted by Crippen LogP contribution is 2.58. The first-order chi connectivity index (χ1) is 12.0. The van der Waals surface area contributed by atoms with Crippen molar-refractivity contribution in [2.24, 2.45) is 0 Å². The maximum atomic E-state index is 12.8. The van der Waals surface area contributed by atoms with Gasteiger partial charge in [-0.2, -0.15) is 0 Å². The van der Waals surface area contributed by atoms with Crippen LogP contribution in [0.4, 0.5) is 4.79 Å². The molecule has 0 aliphatic heterocycles. The minimum Gasteiger partial charge on any atom is -0.445 e. The van der Waals surface area contributed by atoms with Gasteiger partial charge in [-0.1, -0.05) is 54.1 Å². The van der Waals surface area contributed by atoms with Gasteiger partial charge >= 0.3 is 13.7 Å². The van der Waals surface area contributed by atoms with E-state index in [2.05, 4.69) is 5.32 Å². The van der Waals surface area contributed by atoms with E-state index < -0.39 is 19.5 Å². The Kier molecular flexibility index (Phi) is 7.02. The molecule has 0 fully saturated rings. The lowest BCUT2D eigenvalue weighted by Crippen LogP contribution is -2.29. The van der Waals surface area contributed by atoms with Crippen molar-refractivity contribution in [1.29, 1.82) is 0 Å². The van der Waals surface area contributed by atoms with Gasteiger partial charge in [-0.25, -0.2) is 4.79 Å². The molecule has 1 N–H and O–H groups in total. The Morgan fingerprint density at radius 3 is 2.24 bits per heavy atom. The number of halogens is 1. The monoisotopic (exact) mass is 383 g/mol. The molecule has 2 aromatic carbocycles. The minimum atomic E-state index is -3.63. The third-order valence-corrected chi connectivity index (χ3v) is 5.81. The molecule has 134 valence electrons. The standard InChI is InChI=1S/C17H19ClNO5P/c1-22-25(21,23-2)16(14-8-10-15(18)11-9-14)19-17(20)24-12-13-6-4-3-5-7-13/h3-11,16H,12H2,1-2H3,(H,19,20). The second-order valence-corrected chi connectivity index (χ2v) is 7.83. The molecule has 0 saturated heterocycles. The molecular formula is C17H19ClNO5P. The first kappa shape index (κ1) is 19.5. The smallest absolute Gasteiger partial charge is 0.408 e. The normalized spacial score (nSPS) is 12.4. The zero-order valence-corrected chi connectivity index (χ0v) is 15.5. The molecule has 1 atom stereocenters. The molecule has 0 aliphatic carbocycles. The molecular weight excluding hydrogens is 365 g/mol. The maximum absolute atomic E-state index is 12.8. The van der Waals surface area contributed by atoms with Crippen LogP contribution >= 0.6 is 19.2 Å². The zero-order valence-electron chi connectivity index (χ0n) is 13.8. The Morgan fingerprint density at radius 1 is 1.08 bits per heavy atom. The Balaban J connectivity index is 2.14. The number of nitrogens with one attached hydrogen (secondary N) is 1. The van der Waals surface area contributed by atoms with Crippen LogP contribution in [0.1, 0.15) is 16.9 Å². The SMILES string of the molecule is COP(=O)(OC)C(NC(=O)OCc1ccccc1)c1ccc(Cl)cc1. The molecule has 0 heterocycles. The number of hydrogen-bond acceptors (Lipinski definition) is 5. The average molecular weight is 384 g/mol. The number of hydrogen-bond donors (Lipinski definition) is 1. The van der Waals surface area contributed by atoms with Crippen LogP contribution < -0.4 is 5.32 Å². The highest BCUT2D eigenvalue weighted by molar-refractivity contribution is 7.54. The summed E-state index contributed by atoms with van der Waals surface area (Å²) in [5.41, 5.74) is 1.36. The molecule has 0 radical (unpaired) electrons. The van der Waals surface area contributed by atoms with Crippen LogP contribution in [0.3, 0.4) is 0 Å². The summed E-state index contributed by atoms with van der Waals surface area (Å²) in [5, 5.41) is 3.06.